The quantitative estimate of drug-likeness (QED) is 0.273. The smallest absolute Gasteiger partial charge is 0.391 e. The molecule has 212 valence electrons. The van der Waals surface area contributed by atoms with Crippen LogP contribution in [-0.2, 0) is 16.6 Å². The number of ether oxygens (including phenoxy) is 1. The molecule has 7 nitrogen and oxygen atoms in total. The van der Waals surface area contributed by atoms with Gasteiger partial charge in [0.15, 0.2) is 0 Å². The minimum Gasteiger partial charge on any atom is -0.474 e. The van der Waals surface area contributed by atoms with Crippen LogP contribution in [0.2, 0.25) is 0 Å². The van der Waals surface area contributed by atoms with Crippen LogP contribution in [0.25, 0.3) is 22.2 Å². The Kier molecular flexibility index (Phi) is 7.28. The van der Waals surface area contributed by atoms with E-state index in [9.17, 15) is 26.4 Å². The third-order valence-electron chi connectivity index (χ3n) is 7.46. The van der Waals surface area contributed by atoms with Crippen LogP contribution >= 0.6 is 0 Å². The number of nitrogens with zero attached hydrogens (tertiary/aromatic N) is 3. The molecule has 0 atom stereocenters. The molecular formula is C29H30F3N3O4S. The number of hydrogen-bond donors (Lipinski definition) is 0. The molecule has 40 heavy (non-hydrogen) atoms. The fourth-order valence-electron chi connectivity index (χ4n) is 5.36. The van der Waals surface area contributed by atoms with Crippen molar-refractivity contribution in [3.05, 3.63) is 76.3 Å². The molecule has 0 N–H and O–H groups in total. The van der Waals surface area contributed by atoms with Crippen molar-refractivity contribution in [2.24, 2.45) is 5.92 Å². The second-order valence-electron chi connectivity index (χ2n) is 10.3. The first-order chi connectivity index (χ1) is 18.9. The van der Waals surface area contributed by atoms with Crippen LogP contribution in [-0.4, -0.2) is 34.2 Å². The van der Waals surface area contributed by atoms with Crippen molar-refractivity contribution in [1.29, 1.82) is 0 Å². The van der Waals surface area contributed by atoms with Crippen LogP contribution in [0.5, 0.6) is 5.88 Å². The lowest BCUT2D eigenvalue weighted by Crippen LogP contribution is -2.32. The Balaban J connectivity index is 1.59. The number of alkyl halides is 3. The Morgan fingerprint density at radius 1 is 1.00 bits per heavy atom. The van der Waals surface area contributed by atoms with E-state index in [2.05, 4.69) is 4.98 Å². The zero-order valence-corrected chi connectivity index (χ0v) is 23.2. The summed E-state index contributed by atoms with van der Waals surface area (Å²) in [5.74, 6) is -1.07. The first-order valence-electron chi connectivity index (χ1n) is 13.2. The van der Waals surface area contributed by atoms with E-state index < -0.39 is 28.2 Å². The van der Waals surface area contributed by atoms with Crippen LogP contribution in [0.4, 0.5) is 13.2 Å². The highest BCUT2D eigenvalue weighted by molar-refractivity contribution is 7.90. The number of fused-ring (bicyclic) bond motifs is 1. The summed E-state index contributed by atoms with van der Waals surface area (Å²) in [7, 11) is -4.01. The first kappa shape index (κ1) is 27.9. The fraction of sp³-hybridized carbons (Fsp3) is 0.379. The second kappa shape index (κ2) is 10.4. The molecule has 1 saturated carbocycles. The van der Waals surface area contributed by atoms with E-state index in [1.807, 2.05) is 6.92 Å². The monoisotopic (exact) mass is 573 g/mol. The summed E-state index contributed by atoms with van der Waals surface area (Å²) in [6.07, 6.45) is -2.59. The average molecular weight is 574 g/mol. The number of hydrogen-bond acceptors (Lipinski definition) is 5. The van der Waals surface area contributed by atoms with Crippen molar-refractivity contribution in [2.45, 2.75) is 70.2 Å². The zero-order chi connectivity index (χ0) is 28.8. The van der Waals surface area contributed by atoms with Crippen molar-refractivity contribution in [3.63, 3.8) is 0 Å². The van der Waals surface area contributed by atoms with E-state index in [-0.39, 0.29) is 42.0 Å². The molecule has 1 aliphatic rings. The lowest BCUT2D eigenvalue weighted by atomic mass is 9.87. The summed E-state index contributed by atoms with van der Waals surface area (Å²) in [5, 5.41) is 0. The van der Waals surface area contributed by atoms with Gasteiger partial charge in [0.25, 0.3) is 15.6 Å². The molecule has 0 unspecified atom stereocenters. The van der Waals surface area contributed by atoms with Crippen LogP contribution in [0.1, 0.15) is 43.9 Å². The van der Waals surface area contributed by atoms with E-state index >= 15 is 0 Å². The van der Waals surface area contributed by atoms with Gasteiger partial charge in [0.05, 0.1) is 21.8 Å². The molecule has 0 saturated heterocycles. The highest BCUT2D eigenvalue weighted by Gasteiger charge is 2.41. The van der Waals surface area contributed by atoms with Gasteiger partial charge in [0.2, 0.25) is 5.88 Å². The van der Waals surface area contributed by atoms with Crippen LogP contribution in [0.3, 0.4) is 0 Å². The highest BCUT2D eigenvalue weighted by Crippen LogP contribution is 2.39. The van der Waals surface area contributed by atoms with E-state index in [0.29, 0.717) is 34.4 Å². The van der Waals surface area contributed by atoms with Gasteiger partial charge in [0.1, 0.15) is 6.10 Å². The Bertz CT molecular complexity index is 1720. The van der Waals surface area contributed by atoms with Crippen molar-refractivity contribution in [3.8, 4) is 17.0 Å². The minimum atomic E-state index is -4.21. The Morgan fingerprint density at radius 2 is 1.68 bits per heavy atom. The van der Waals surface area contributed by atoms with Crippen LogP contribution in [0.15, 0.2) is 64.4 Å². The molecular weight excluding hydrogens is 543 g/mol. The topological polar surface area (TPSA) is 83.2 Å². The average Bonchev–Trinajstić information content (AvgIpc) is 3.29. The normalized spacial score (nSPS) is 18.2. The lowest BCUT2D eigenvalue weighted by Gasteiger charge is -2.29. The lowest BCUT2D eigenvalue weighted by molar-refractivity contribution is -0.185. The molecule has 1 aromatic carbocycles. The zero-order valence-electron chi connectivity index (χ0n) is 22.4. The Hall–Kier alpha value is -3.60. The van der Waals surface area contributed by atoms with Gasteiger partial charge in [-0.2, -0.15) is 13.2 Å². The predicted octanol–water partition coefficient (Wildman–Crippen LogP) is 6.24. The number of pyridine rings is 2. The number of aryl methyl sites for hydroxylation is 3. The molecule has 3 heterocycles. The Labute approximate surface area is 230 Å². The molecule has 11 heteroatoms. The van der Waals surface area contributed by atoms with Gasteiger partial charge in [-0.1, -0.05) is 17.7 Å². The largest absolute Gasteiger partial charge is 0.474 e. The Morgan fingerprint density at radius 3 is 2.30 bits per heavy atom. The van der Waals surface area contributed by atoms with E-state index in [4.69, 9.17) is 4.74 Å². The first-order valence-corrected chi connectivity index (χ1v) is 14.6. The molecule has 5 rings (SSSR count). The van der Waals surface area contributed by atoms with Crippen LogP contribution < -0.4 is 10.3 Å². The molecule has 0 radical (unpaired) electrons. The van der Waals surface area contributed by atoms with Gasteiger partial charge >= 0.3 is 6.18 Å². The molecule has 0 spiro atoms. The van der Waals surface area contributed by atoms with Gasteiger partial charge in [-0.25, -0.2) is 17.4 Å². The summed E-state index contributed by atoms with van der Waals surface area (Å²) < 4.78 is 75.5. The molecule has 1 aliphatic carbocycles. The summed E-state index contributed by atoms with van der Waals surface area (Å²) in [4.78, 5) is 17.3. The maximum absolute atomic E-state index is 13.7. The standard InChI is InChI=1S/C29H30F3N3O4S/c1-4-34-27(36)14-13-25-28(34)24(17-35(25)40(37,38)23-11-5-18(2)6-12-23)20-15-19(3)33-26(16-20)39-22-9-7-21(8-10-22)29(30,31)32/h5-6,11-17,21-22H,4,7-10H2,1-3H3. The number of aromatic nitrogens is 3. The minimum absolute atomic E-state index is 0.0000252. The van der Waals surface area contributed by atoms with Gasteiger partial charge < -0.3 is 9.30 Å². The third kappa shape index (κ3) is 5.26. The fourth-order valence-corrected chi connectivity index (χ4v) is 6.71. The second-order valence-corrected chi connectivity index (χ2v) is 12.1. The van der Waals surface area contributed by atoms with Crippen molar-refractivity contribution in [2.75, 3.05) is 0 Å². The predicted molar refractivity (Wildman–Crippen MR) is 146 cm³/mol. The molecule has 0 aliphatic heterocycles. The van der Waals surface area contributed by atoms with Gasteiger partial charge in [-0.05, 0) is 76.3 Å². The summed E-state index contributed by atoms with van der Waals surface area (Å²) in [5.41, 5.74) is 3.12. The number of halogens is 3. The molecule has 0 bridgehead atoms. The van der Waals surface area contributed by atoms with Crippen molar-refractivity contribution in [1.82, 2.24) is 13.5 Å². The maximum atomic E-state index is 13.7. The van der Waals surface area contributed by atoms with E-state index in [1.165, 1.54) is 26.9 Å². The van der Waals surface area contributed by atoms with Crippen LogP contribution in [0, 0.1) is 19.8 Å². The van der Waals surface area contributed by atoms with Gasteiger partial charge in [-0.15, -0.1) is 0 Å². The highest BCUT2D eigenvalue weighted by atomic mass is 32.2. The third-order valence-corrected chi connectivity index (χ3v) is 9.15. The maximum Gasteiger partial charge on any atom is 0.391 e. The van der Waals surface area contributed by atoms with Crippen molar-refractivity contribution < 1.29 is 26.3 Å². The number of rotatable bonds is 6. The number of benzene rings is 1. The van der Waals surface area contributed by atoms with Crippen molar-refractivity contribution >= 4 is 21.1 Å². The molecule has 4 aromatic rings. The summed E-state index contributed by atoms with van der Waals surface area (Å²) in [6.45, 7) is 5.74. The van der Waals surface area contributed by atoms with E-state index in [1.54, 1.807) is 50.2 Å². The summed E-state index contributed by atoms with van der Waals surface area (Å²) in [6, 6.07) is 12.8. The van der Waals surface area contributed by atoms with E-state index in [0.717, 1.165) is 5.56 Å². The molecule has 1 fully saturated rings. The molecule has 3 aromatic heterocycles. The SMILES string of the molecule is CCn1c(=O)ccc2c1c(-c1cc(C)nc(OC3CCC(C(F)(F)F)CC3)c1)cn2S(=O)(=O)c1ccc(C)cc1. The molecule has 0 amide bonds. The van der Waals surface area contributed by atoms with Gasteiger partial charge in [-0.3, -0.25) is 4.79 Å². The van der Waals surface area contributed by atoms with Gasteiger partial charge in [0, 0.05) is 36.1 Å². The summed E-state index contributed by atoms with van der Waals surface area (Å²) >= 11 is 0.